The van der Waals surface area contributed by atoms with Crippen LogP contribution < -0.4 is 5.32 Å². The Balaban J connectivity index is 1.86. The zero-order valence-corrected chi connectivity index (χ0v) is 11.7. The first-order valence-electron chi connectivity index (χ1n) is 6.35. The molecular formula is C13H19N3OS. The van der Waals surface area contributed by atoms with E-state index in [0.717, 1.165) is 37.5 Å². The summed E-state index contributed by atoms with van der Waals surface area (Å²) in [6.07, 6.45) is 2.69. The van der Waals surface area contributed by atoms with Gasteiger partial charge in [0, 0.05) is 23.8 Å². The van der Waals surface area contributed by atoms with Gasteiger partial charge in [0.05, 0.1) is 0 Å². The Hall–Kier alpha value is -1.20. The van der Waals surface area contributed by atoms with Gasteiger partial charge in [0.1, 0.15) is 0 Å². The molecule has 0 radical (unpaired) electrons. The van der Waals surface area contributed by atoms with Crippen LogP contribution in [0.4, 0.5) is 0 Å². The van der Waals surface area contributed by atoms with Gasteiger partial charge in [-0.2, -0.15) is 4.98 Å². The summed E-state index contributed by atoms with van der Waals surface area (Å²) in [4.78, 5) is 5.69. The van der Waals surface area contributed by atoms with E-state index in [1.807, 2.05) is 6.07 Å². The molecule has 98 valence electrons. The van der Waals surface area contributed by atoms with Gasteiger partial charge in [-0.3, -0.25) is 0 Å². The number of nitrogens with one attached hydrogen (secondary N) is 1. The highest BCUT2D eigenvalue weighted by atomic mass is 32.1. The van der Waals surface area contributed by atoms with Crippen molar-refractivity contribution < 1.29 is 4.52 Å². The summed E-state index contributed by atoms with van der Waals surface area (Å²) in [5, 5.41) is 9.49. The standard InChI is InChI=1S/C13H19N3OS/c1-3-6-14-10(2)8-13-15-12(16-17-13)9-11-5-4-7-18-11/h4-5,7,10,14H,3,6,8-9H2,1-2H3. The fourth-order valence-corrected chi connectivity index (χ4v) is 2.44. The molecule has 2 aromatic rings. The third kappa shape index (κ3) is 3.92. The monoisotopic (exact) mass is 265 g/mol. The Morgan fingerprint density at radius 2 is 2.39 bits per heavy atom. The first-order valence-corrected chi connectivity index (χ1v) is 7.23. The molecule has 0 amide bonds. The number of rotatable bonds is 7. The molecule has 4 nitrogen and oxygen atoms in total. The zero-order valence-electron chi connectivity index (χ0n) is 10.8. The summed E-state index contributed by atoms with van der Waals surface area (Å²) in [6, 6.07) is 4.50. The topological polar surface area (TPSA) is 51.0 Å². The summed E-state index contributed by atoms with van der Waals surface area (Å²) < 4.78 is 5.27. The largest absolute Gasteiger partial charge is 0.339 e. The normalized spacial score (nSPS) is 12.8. The molecular weight excluding hydrogens is 246 g/mol. The van der Waals surface area contributed by atoms with Gasteiger partial charge in [-0.15, -0.1) is 11.3 Å². The van der Waals surface area contributed by atoms with Crippen LogP contribution in [0, 0.1) is 0 Å². The molecule has 1 atom stereocenters. The van der Waals surface area contributed by atoms with Gasteiger partial charge in [-0.25, -0.2) is 0 Å². The lowest BCUT2D eigenvalue weighted by Gasteiger charge is -2.09. The van der Waals surface area contributed by atoms with E-state index in [0.29, 0.717) is 6.04 Å². The van der Waals surface area contributed by atoms with E-state index >= 15 is 0 Å². The van der Waals surface area contributed by atoms with Gasteiger partial charge in [-0.05, 0) is 31.3 Å². The second-order valence-corrected chi connectivity index (χ2v) is 5.45. The maximum Gasteiger partial charge on any atom is 0.228 e. The minimum Gasteiger partial charge on any atom is -0.339 e. The molecule has 2 aromatic heterocycles. The minimum absolute atomic E-state index is 0.375. The van der Waals surface area contributed by atoms with Gasteiger partial charge >= 0.3 is 0 Å². The molecule has 0 fully saturated rings. The fourth-order valence-electron chi connectivity index (χ4n) is 1.74. The highest BCUT2D eigenvalue weighted by molar-refractivity contribution is 7.09. The van der Waals surface area contributed by atoms with Crippen LogP contribution >= 0.6 is 11.3 Å². The molecule has 1 N–H and O–H groups in total. The van der Waals surface area contributed by atoms with Crippen molar-refractivity contribution in [2.75, 3.05) is 6.54 Å². The molecule has 1 unspecified atom stereocenters. The van der Waals surface area contributed by atoms with Crippen molar-refractivity contribution in [1.29, 1.82) is 0 Å². The summed E-state index contributed by atoms with van der Waals surface area (Å²) in [5.74, 6) is 1.49. The third-order valence-corrected chi connectivity index (χ3v) is 3.52. The van der Waals surface area contributed by atoms with Crippen LogP contribution in [0.3, 0.4) is 0 Å². The van der Waals surface area contributed by atoms with Gasteiger partial charge < -0.3 is 9.84 Å². The molecule has 2 heterocycles. The zero-order chi connectivity index (χ0) is 12.8. The van der Waals surface area contributed by atoms with Crippen molar-refractivity contribution in [3.05, 3.63) is 34.1 Å². The average molecular weight is 265 g/mol. The number of nitrogens with zero attached hydrogens (tertiary/aromatic N) is 2. The average Bonchev–Trinajstić information content (AvgIpc) is 2.99. The lowest BCUT2D eigenvalue weighted by atomic mass is 10.2. The molecule has 0 aliphatic heterocycles. The second kappa shape index (κ2) is 6.66. The van der Waals surface area contributed by atoms with Crippen molar-refractivity contribution in [3.63, 3.8) is 0 Å². The van der Waals surface area contributed by atoms with E-state index in [9.17, 15) is 0 Å². The maximum atomic E-state index is 5.27. The first kappa shape index (κ1) is 13.2. The Morgan fingerprint density at radius 1 is 1.50 bits per heavy atom. The van der Waals surface area contributed by atoms with Crippen molar-refractivity contribution >= 4 is 11.3 Å². The lowest BCUT2D eigenvalue weighted by Crippen LogP contribution is -2.28. The Labute approximate surface area is 111 Å². The van der Waals surface area contributed by atoms with E-state index in [1.165, 1.54) is 4.88 Å². The smallest absolute Gasteiger partial charge is 0.228 e. The highest BCUT2D eigenvalue weighted by Gasteiger charge is 2.10. The molecule has 0 saturated heterocycles. The van der Waals surface area contributed by atoms with Crippen LogP contribution in [0.15, 0.2) is 22.0 Å². The number of aromatic nitrogens is 2. The van der Waals surface area contributed by atoms with Crippen LogP contribution in [-0.2, 0) is 12.8 Å². The van der Waals surface area contributed by atoms with Crippen LogP contribution in [0.1, 0.15) is 36.9 Å². The van der Waals surface area contributed by atoms with Gasteiger partial charge in [0.15, 0.2) is 5.82 Å². The van der Waals surface area contributed by atoms with Crippen molar-refractivity contribution in [2.45, 2.75) is 39.2 Å². The number of hydrogen-bond donors (Lipinski definition) is 1. The van der Waals surface area contributed by atoms with E-state index < -0.39 is 0 Å². The number of thiophene rings is 1. The van der Waals surface area contributed by atoms with E-state index in [4.69, 9.17) is 4.52 Å². The maximum absolute atomic E-state index is 5.27. The quantitative estimate of drug-likeness (QED) is 0.836. The SMILES string of the molecule is CCCNC(C)Cc1nc(Cc2cccs2)no1. The predicted molar refractivity (Wildman–Crippen MR) is 72.9 cm³/mol. The molecule has 0 bridgehead atoms. The van der Waals surface area contributed by atoms with E-state index in [1.54, 1.807) is 11.3 Å². The van der Waals surface area contributed by atoms with Gasteiger partial charge in [0.25, 0.3) is 0 Å². The Morgan fingerprint density at radius 3 is 3.11 bits per heavy atom. The lowest BCUT2D eigenvalue weighted by molar-refractivity contribution is 0.358. The summed E-state index contributed by atoms with van der Waals surface area (Å²) in [6.45, 7) is 5.32. The first-order chi connectivity index (χ1) is 8.78. The summed E-state index contributed by atoms with van der Waals surface area (Å²) in [5.41, 5.74) is 0. The van der Waals surface area contributed by atoms with E-state index in [-0.39, 0.29) is 0 Å². The van der Waals surface area contributed by atoms with Crippen LogP contribution in [0.2, 0.25) is 0 Å². The van der Waals surface area contributed by atoms with Gasteiger partial charge in [-0.1, -0.05) is 18.1 Å². The van der Waals surface area contributed by atoms with Crippen LogP contribution in [0.5, 0.6) is 0 Å². The fraction of sp³-hybridized carbons (Fsp3) is 0.538. The molecule has 0 saturated carbocycles. The van der Waals surface area contributed by atoms with Crippen LogP contribution in [0.25, 0.3) is 0 Å². The van der Waals surface area contributed by atoms with Crippen LogP contribution in [-0.4, -0.2) is 22.7 Å². The Bertz CT molecular complexity index is 453. The molecule has 5 heteroatoms. The highest BCUT2D eigenvalue weighted by Crippen LogP contribution is 2.13. The van der Waals surface area contributed by atoms with Crippen molar-refractivity contribution in [3.8, 4) is 0 Å². The second-order valence-electron chi connectivity index (χ2n) is 4.42. The van der Waals surface area contributed by atoms with Crippen molar-refractivity contribution in [1.82, 2.24) is 15.5 Å². The molecule has 0 aromatic carbocycles. The van der Waals surface area contributed by atoms with Gasteiger partial charge in [0.2, 0.25) is 5.89 Å². The molecule has 18 heavy (non-hydrogen) atoms. The molecule has 0 spiro atoms. The molecule has 0 aliphatic rings. The Kier molecular flexibility index (Phi) is 4.90. The minimum atomic E-state index is 0.375. The summed E-state index contributed by atoms with van der Waals surface area (Å²) in [7, 11) is 0. The molecule has 2 rings (SSSR count). The van der Waals surface area contributed by atoms with Crippen molar-refractivity contribution in [2.24, 2.45) is 0 Å². The predicted octanol–water partition coefficient (Wildman–Crippen LogP) is 2.65. The third-order valence-electron chi connectivity index (χ3n) is 2.65. The molecule has 0 aliphatic carbocycles. The summed E-state index contributed by atoms with van der Waals surface area (Å²) >= 11 is 1.72. The van der Waals surface area contributed by atoms with E-state index in [2.05, 4.69) is 40.8 Å². The number of hydrogen-bond acceptors (Lipinski definition) is 5.